The van der Waals surface area contributed by atoms with Crippen molar-refractivity contribution in [2.24, 2.45) is 0 Å². The summed E-state index contributed by atoms with van der Waals surface area (Å²) in [5, 5.41) is 4.19. The summed E-state index contributed by atoms with van der Waals surface area (Å²) in [6.45, 7) is 0. The van der Waals surface area contributed by atoms with Gasteiger partial charge in [0.25, 0.3) is 11.4 Å². The van der Waals surface area contributed by atoms with Crippen LogP contribution in [0, 0.1) is 0 Å². The lowest BCUT2D eigenvalue weighted by atomic mass is 10.2. The zero-order valence-electron chi connectivity index (χ0n) is 10.2. The van der Waals surface area contributed by atoms with Gasteiger partial charge in [-0.15, -0.1) is 0 Å². The molecule has 3 heterocycles. The number of fused-ring (bicyclic) bond motifs is 1. The number of hydrogen-bond acceptors (Lipinski definition) is 6. The number of nitrogens with one attached hydrogen (secondary N) is 2. The summed E-state index contributed by atoms with van der Waals surface area (Å²) in [5.41, 5.74) is -0.310. The molecule has 0 saturated heterocycles. The van der Waals surface area contributed by atoms with E-state index in [9.17, 15) is 9.59 Å². The zero-order valence-corrected chi connectivity index (χ0v) is 10.2. The summed E-state index contributed by atoms with van der Waals surface area (Å²) in [6.07, 6.45) is 3.65. The van der Waals surface area contributed by atoms with Crippen LogP contribution in [0.5, 0.6) is 0 Å². The van der Waals surface area contributed by atoms with Crippen LogP contribution < -0.4 is 11.2 Å². The van der Waals surface area contributed by atoms with Crippen molar-refractivity contribution in [1.82, 2.24) is 25.1 Å². The quantitative estimate of drug-likeness (QED) is 0.702. The first-order valence-corrected chi connectivity index (χ1v) is 6.17. The van der Waals surface area contributed by atoms with Crippen LogP contribution in [0.25, 0.3) is 22.5 Å². The monoisotopic (exact) mass is 271 g/mol. The Hall–Kier alpha value is -2.77. The van der Waals surface area contributed by atoms with Crippen LogP contribution >= 0.6 is 0 Å². The molecular formula is C12H9N5O3. The van der Waals surface area contributed by atoms with Crippen molar-refractivity contribution in [3.05, 3.63) is 38.9 Å². The molecule has 8 heteroatoms. The fourth-order valence-electron chi connectivity index (χ4n) is 2.02. The van der Waals surface area contributed by atoms with E-state index < -0.39 is 11.2 Å². The topological polar surface area (TPSA) is 118 Å². The fraction of sp³-hybridized carbons (Fsp3) is 0.250. The molecule has 4 rings (SSSR count). The van der Waals surface area contributed by atoms with Crippen molar-refractivity contribution < 1.29 is 4.52 Å². The third kappa shape index (κ3) is 1.73. The highest BCUT2D eigenvalue weighted by Crippen LogP contribution is 2.38. The van der Waals surface area contributed by atoms with E-state index in [0.29, 0.717) is 23.2 Å². The van der Waals surface area contributed by atoms with Crippen LogP contribution in [0.1, 0.15) is 24.6 Å². The third-order valence-corrected chi connectivity index (χ3v) is 3.22. The molecule has 0 atom stereocenters. The van der Waals surface area contributed by atoms with Gasteiger partial charge < -0.3 is 4.52 Å². The Balaban J connectivity index is 1.87. The number of rotatable bonds is 2. The maximum atomic E-state index is 11.7. The van der Waals surface area contributed by atoms with Crippen LogP contribution in [0.2, 0.25) is 0 Å². The highest BCUT2D eigenvalue weighted by Gasteiger charge is 2.29. The molecule has 1 saturated carbocycles. The van der Waals surface area contributed by atoms with E-state index in [1.54, 1.807) is 6.07 Å². The standard InChI is InChI=1S/C12H9N5O3/c18-10-7-3-6(4-13-9(7)15-12(19)16-10)11-14-8(17-20-11)5-1-2-5/h3-5H,1-2H2,(H2,13,15,16,18,19). The van der Waals surface area contributed by atoms with Crippen molar-refractivity contribution in [1.29, 1.82) is 0 Å². The number of aromatic nitrogens is 5. The number of pyridine rings is 1. The van der Waals surface area contributed by atoms with Gasteiger partial charge >= 0.3 is 5.69 Å². The number of nitrogens with zero attached hydrogens (tertiary/aromatic N) is 3. The second kappa shape index (κ2) is 3.86. The molecule has 0 spiro atoms. The Morgan fingerprint density at radius 2 is 2.10 bits per heavy atom. The molecule has 0 amide bonds. The summed E-state index contributed by atoms with van der Waals surface area (Å²) in [6, 6.07) is 1.57. The Labute approximate surface area is 110 Å². The van der Waals surface area contributed by atoms with Gasteiger partial charge in [-0.25, -0.2) is 9.78 Å². The van der Waals surface area contributed by atoms with Crippen molar-refractivity contribution >= 4 is 11.0 Å². The molecule has 8 nitrogen and oxygen atoms in total. The van der Waals surface area contributed by atoms with Gasteiger partial charge in [-0.2, -0.15) is 4.98 Å². The predicted octanol–water partition coefficient (Wildman–Crippen LogP) is 0.539. The van der Waals surface area contributed by atoms with E-state index in [2.05, 4.69) is 25.1 Å². The molecule has 0 bridgehead atoms. The average Bonchev–Trinajstić information content (AvgIpc) is 3.16. The molecule has 0 unspecified atom stereocenters. The van der Waals surface area contributed by atoms with E-state index >= 15 is 0 Å². The second-order valence-corrected chi connectivity index (χ2v) is 4.76. The van der Waals surface area contributed by atoms with Crippen molar-refractivity contribution in [3.63, 3.8) is 0 Å². The number of aromatic amines is 2. The maximum Gasteiger partial charge on any atom is 0.327 e. The molecule has 1 aliphatic rings. The van der Waals surface area contributed by atoms with Gasteiger partial charge in [0.1, 0.15) is 5.65 Å². The van der Waals surface area contributed by atoms with E-state index in [0.717, 1.165) is 12.8 Å². The normalized spacial score (nSPS) is 14.8. The van der Waals surface area contributed by atoms with Crippen LogP contribution in [0.3, 0.4) is 0 Å². The first-order valence-electron chi connectivity index (χ1n) is 6.17. The highest BCUT2D eigenvalue weighted by atomic mass is 16.5. The smallest absolute Gasteiger partial charge is 0.327 e. The van der Waals surface area contributed by atoms with Crippen molar-refractivity contribution in [2.75, 3.05) is 0 Å². The number of H-pyrrole nitrogens is 2. The van der Waals surface area contributed by atoms with Gasteiger partial charge in [0, 0.05) is 12.1 Å². The Bertz CT molecular complexity index is 918. The van der Waals surface area contributed by atoms with Gasteiger partial charge in [0.2, 0.25) is 0 Å². The molecule has 100 valence electrons. The Morgan fingerprint density at radius 3 is 2.90 bits per heavy atom. The average molecular weight is 271 g/mol. The third-order valence-electron chi connectivity index (χ3n) is 3.22. The Kier molecular flexibility index (Phi) is 2.14. The molecule has 0 aromatic carbocycles. The zero-order chi connectivity index (χ0) is 13.7. The molecule has 2 N–H and O–H groups in total. The lowest BCUT2D eigenvalue weighted by Gasteiger charge is -1.97. The van der Waals surface area contributed by atoms with Gasteiger partial charge in [-0.05, 0) is 18.9 Å². The first kappa shape index (κ1) is 11.1. The molecule has 1 fully saturated rings. The minimum Gasteiger partial charge on any atom is -0.334 e. The lowest BCUT2D eigenvalue weighted by Crippen LogP contribution is -2.22. The van der Waals surface area contributed by atoms with Gasteiger partial charge in [-0.3, -0.25) is 14.8 Å². The molecule has 3 aromatic rings. The molecule has 0 aliphatic heterocycles. The molecular weight excluding hydrogens is 262 g/mol. The summed E-state index contributed by atoms with van der Waals surface area (Å²) in [4.78, 5) is 35.8. The Morgan fingerprint density at radius 1 is 1.25 bits per heavy atom. The molecule has 3 aromatic heterocycles. The minimum atomic E-state index is -0.587. The van der Waals surface area contributed by atoms with Gasteiger partial charge in [0.05, 0.1) is 10.9 Å². The van der Waals surface area contributed by atoms with Crippen LogP contribution in [-0.2, 0) is 0 Å². The van der Waals surface area contributed by atoms with Crippen molar-refractivity contribution in [2.45, 2.75) is 18.8 Å². The molecule has 0 radical (unpaired) electrons. The molecule has 1 aliphatic carbocycles. The van der Waals surface area contributed by atoms with E-state index in [1.807, 2.05) is 0 Å². The summed E-state index contributed by atoms with van der Waals surface area (Å²) in [7, 11) is 0. The van der Waals surface area contributed by atoms with E-state index in [4.69, 9.17) is 4.52 Å². The van der Waals surface area contributed by atoms with Crippen LogP contribution in [-0.4, -0.2) is 25.1 Å². The predicted molar refractivity (Wildman–Crippen MR) is 68.3 cm³/mol. The summed E-state index contributed by atoms with van der Waals surface area (Å²) >= 11 is 0. The lowest BCUT2D eigenvalue weighted by molar-refractivity contribution is 0.422. The van der Waals surface area contributed by atoms with Gasteiger partial charge in [0.15, 0.2) is 5.82 Å². The van der Waals surface area contributed by atoms with Gasteiger partial charge in [-0.1, -0.05) is 5.16 Å². The largest absolute Gasteiger partial charge is 0.334 e. The van der Waals surface area contributed by atoms with Crippen LogP contribution in [0.4, 0.5) is 0 Å². The van der Waals surface area contributed by atoms with Crippen LogP contribution in [0.15, 0.2) is 26.4 Å². The number of hydrogen-bond donors (Lipinski definition) is 2. The SMILES string of the molecule is O=c1[nH]c(=O)c2cc(-c3nc(C4CC4)no3)cnc2[nH]1. The van der Waals surface area contributed by atoms with Crippen molar-refractivity contribution in [3.8, 4) is 11.5 Å². The fourth-order valence-corrected chi connectivity index (χ4v) is 2.02. The second-order valence-electron chi connectivity index (χ2n) is 4.76. The first-order chi connectivity index (χ1) is 9.70. The highest BCUT2D eigenvalue weighted by molar-refractivity contribution is 5.77. The maximum absolute atomic E-state index is 11.7. The van der Waals surface area contributed by atoms with E-state index in [-0.39, 0.29) is 11.0 Å². The minimum absolute atomic E-state index is 0.226. The molecule has 20 heavy (non-hydrogen) atoms. The van der Waals surface area contributed by atoms with E-state index in [1.165, 1.54) is 6.20 Å². The summed E-state index contributed by atoms with van der Waals surface area (Å²) < 4.78 is 5.18. The summed E-state index contributed by atoms with van der Waals surface area (Å²) in [5.74, 6) is 1.41.